The van der Waals surface area contributed by atoms with Gasteiger partial charge in [-0.15, -0.1) is 0 Å². The van der Waals surface area contributed by atoms with E-state index in [1.807, 2.05) is 20.8 Å². The zero-order valence-corrected chi connectivity index (χ0v) is 12.4. The number of benzene rings is 1. The highest BCUT2D eigenvalue weighted by molar-refractivity contribution is 5.90. The zero-order valence-electron chi connectivity index (χ0n) is 12.4. The smallest absolute Gasteiger partial charge is 0.339 e. The number of hydrogen-bond donors (Lipinski definition) is 1. The van der Waals surface area contributed by atoms with Crippen LogP contribution in [0.1, 0.15) is 36.7 Å². The maximum Gasteiger partial charge on any atom is 0.339 e. The van der Waals surface area contributed by atoms with Crippen molar-refractivity contribution in [3.8, 4) is 5.75 Å². The summed E-state index contributed by atoms with van der Waals surface area (Å²) >= 11 is 0. The molecule has 5 heteroatoms. The number of aromatic carboxylic acids is 1. The lowest BCUT2D eigenvalue weighted by atomic mass is 10.1. The quantitative estimate of drug-likeness (QED) is 0.779. The van der Waals surface area contributed by atoms with Crippen molar-refractivity contribution in [1.29, 1.82) is 0 Å². The molecule has 1 rings (SSSR count). The molecule has 0 bridgehead atoms. The number of carbonyl (C=O) groups is 1. The maximum atomic E-state index is 11.0. The molecule has 20 heavy (non-hydrogen) atoms. The van der Waals surface area contributed by atoms with E-state index >= 15 is 0 Å². The SMILES string of the molecule is COc1cc(COCCOC(C)(C)C)ccc1C(=O)O. The Morgan fingerprint density at radius 2 is 1.95 bits per heavy atom. The first-order chi connectivity index (χ1) is 9.33. The highest BCUT2D eigenvalue weighted by Crippen LogP contribution is 2.20. The van der Waals surface area contributed by atoms with Gasteiger partial charge in [-0.3, -0.25) is 0 Å². The van der Waals surface area contributed by atoms with E-state index in [4.69, 9.17) is 19.3 Å². The fourth-order valence-corrected chi connectivity index (χ4v) is 1.60. The van der Waals surface area contributed by atoms with Crippen molar-refractivity contribution in [3.63, 3.8) is 0 Å². The Hall–Kier alpha value is -1.59. The third-order valence-corrected chi connectivity index (χ3v) is 2.53. The Morgan fingerprint density at radius 3 is 2.50 bits per heavy atom. The molecule has 0 saturated carbocycles. The van der Waals surface area contributed by atoms with Gasteiger partial charge in [-0.1, -0.05) is 6.07 Å². The predicted octanol–water partition coefficient (Wildman–Crippen LogP) is 2.73. The van der Waals surface area contributed by atoms with E-state index in [-0.39, 0.29) is 11.2 Å². The molecule has 0 unspecified atom stereocenters. The molecule has 0 amide bonds. The van der Waals surface area contributed by atoms with Crippen LogP contribution in [0.25, 0.3) is 0 Å². The summed E-state index contributed by atoms with van der Waals surface area (Å²) < 4.78 is 16.1. The molecule has 0 aliphatic rings. The van der Waals surface area contributed by atoms with Gasteiger partial charge in [0.25, 0.3) is 0 Å². The van der Waals surface area contributed by atoms with Crippen molar-refractivity contribution in [2.75, 3.05) is 20.3 Å². The summed E-state index contributed by atoms with van der Waals surface area (Å²) in [7, 11) is 1.45. The lowest BCUT2D eigenvalue weighted by Gasteiger charge is -2.19. The van der Waals surface area contributed by atoms with E-state index in [0.717, 1.165) is 5.56 Å². The number of carboxylic acids is 1. The minimum absolute atomic E-state index is 0.146. The summed E-state index contributed by atoms with van der Waals surface area (Å²) in [5.41, 5.74) is 0.838. The molecule has 112 valence electrons. The molecule has 1 aromatic rings. The van der Waals surface area contributed by atoms with E-state index in [0.29, 0.717) is 25.6 Å². The number of ether oxygens (including phenoxy) is 3. The second-order valence-electron chi connectivity index (χ2n) is 5.35. The molecule has 0 heterocycles. The topological polar surface area (TPSA) is 65.0 Å². The number of rotatable bonds is 7. The molecule has 1 N–H and O–H groups in total. The molecule has 1 aromatic carbocycles. The van der Waals surface area contributed by atoms with Crippen molar-refractivity contribution in [2.45, 2.75) is 33.0 Å². The first kappa shape index (κ1) is 16.5. The van der Waals surface area contributed by atoms with E-state index < -0.39 is 5.97 Å². The minimum atomic E-state index is -1.01. The van der Waals surface area contributed by atoms with Gasteiger partial charge >= 0.3 is 5.97 Å². The van der Waals surface area contributed by atoms with Crippen molar-refractivity contribution < 1.29 is 24.1 Å². The molecule has 5 nitrogen and oxygen atoms in total. The molecule has 0 atom stereocenters. The van der Waals surface area contributed by atoms with E-state index in [1.165, 1.54) is 13.2 Å². The molecule has 0 saturated heterocycles. The monoisotopic (exact) mass is 282 g/mol. The second-order valence-corrected chi connectivity index (χ2v) is 5.35. The van der Waals surface area contributed by atoms with Crippen LogP contribution in [0.4, 0.5) is 0 Å². The normalized spacial score (nSPS) is 11.4. The van der Waals surface area contributed by atoms with Crippen LogP contribution < -0.4 is 4.74 Å². The van der Waals surface area contributed by atoms with Gasteiger partial charge in [0.15, 0.2) is 0 Å². The molecule has 0 radical (unpaired) electrons. The molecule has 0 aliphatic heterocycles. The highest BCUT2D eigenvalue weighted by Gasteiger charge is 2.11. The Balaban J connectivity index is 2.47. The summed E-state index contributed by atoms with van der Waals surface area (Å²) in [4.78, 5) is 11.0. The Morgan fingerprint density at radius 1 is 1.25 bits per heavy atom. The average molecular weight is 282 g/mol. The van der Waals surface area contributed by atoms with Gasteiger partial charge < -0.3 is 19.3 Å². The summed E-state index contributed by atoms with van der Waals surface area (Å²) in [6, 6.07) is 4.91. The fourth-order valence-electron chi connectivity index (χ4n) is 1.60. The van der Waals surface area contributed by atoms with Gasteiger partial charge in [-0.2, -0.15) is 0 Å². The van der Waals surface area contributed by atoms with Gasteiger partial charge in [-0.25, -0.2) is 4.79 Å². The third-order valence-electron chi connectivity index (χ3n) is 2.53. The largest absolute Gasteiger partial charge is 0.496 e. The average Bonchev–Trinajstić information content (AvgIpc) is 2.36. The number of methoxy groups -OCH3 is 1. The molecular formula is C15H22O5. The van der Waals surface area contributed by atoms with Gasteiger partial charge in [0, 0.05) is 0 Å². The zero-order chi connectivity index (χ0) is 15.2. The van der Waals surface area contributed by atoms with Crippen LogP contribution in [0.15, 0.2) is 18.2 Å². The second kappa shape index (κ2) is 7.26. The summed E-state index contributed by atoms with van der Waals surface area (Å²) in [6.45, 7) is 7.37. The van der Waals surface area contributed by atoms with Crippen LogP contribution in [-0.2, 0) is 16.1 Å². The minimum Gasteiger partial charge on any atom is -0.496 e. The van der Waals surface area contributed by atoms with Gasteiger partial charge in [0.05, 0.1) is 32.5 Å². The Labute approximate surface area is 119 Å². The van der Waals surface area contributed by atoms with Crippen molar-refractivity contribution in [1.82, 2.24) is 0 Å². The van der Waals surface area contributed by atoms with E-state index in [1.54, 1.807) is 12.1 Å². The molecule has 0 aromatic heterocycles. The number of carboxylic acid groups (broad SMARTS) is 1. The van der Waals surface area contributed by atoms with Crippen LogP contribution in [0.3, 0.4) is 0 Å². The first-order valence-corrected chi connectivity index (χ1v) is 6.45. The highest BCUT2D eigenvalue weighted by atomic mass is 16.5. The van der Waals surface area contributed by atoms with Crippen LogP contribution in [0.5, 0.6) is 5.75 Å². The van der Waals surface area contributed by atoms with Crippen molar-refractivity contribution in [2.24, 2.45) is 0 Å². The van der Waals surface area contributed by atoms with Gasteiger partial charge in [0.2, 0.25) is 0 Å². The van der Waals surface area contributed by atoms with Gasteiger partial charge in [0.1, 0.15) is 11.3 Å². The Kier molecular flexibility index (Phi) is 5.98. The van der Waals surface area contributed by atoms with Crippen LogP contribution in [0.2, 0.25) is 0 Å². The summed E-state index contributed by atoms with van der Waals surface area (Å²) in [5.74, 6) is -0.669. The Bertz CT molecular complexity index is 448. The molecule has 0 spiro atoms. The summed E-state index contributed by atoms with van der Waals surface area (Å²) in [6.07, 6.45) is 0. The predicted molar refractivity (Wildman–Crippen MR) is 75.3 cm³/mol. The van der Waals surface area contributed by atoms with E-state index in [9.17, 15) is 4.79 Å². The van der Waals surface area contributed by atoms with Crippen LogP contribution in [0, 0.1) is 0 Å². The number of hydrogen-bond acceptors (Lipinski definition) is 4. The first-order valence-electron chi connectivity index (χ1n) is 6.45. The summed E-state index contributed by atoms with van der Waals surface area (Å²) in [5, 5.41) is 8.98. The third kappa shape index (κ3) is 5.59. The fraction of sp³-hybridized carbons (Fsp3) is 0.533. The van der Waals surface area contributed by atoms with Crippen LogP contribution in [-0.4, -0.2) is 37.0 Å². The van der Waals surface area contributed by atoms with Crippen molar-refractivity contribution in [3.05, 3.63) is 29.3 Å². The standard InChI is InChI=1S/C15H22O5/c1-15(2,3)20-8-7-19-10-11-5-6-12(14(16)17)13(9-11)18-4/h5-6,9H,7-8,10H2,1-4H3,(H,16,17). The van der Waals surface area contributed by atoms with Crippen LogP contribution >= 0.6 is 0 Å². The lowest BCUT2D eigenvalue weighted by molar-refractivity contribution is -0.0376. The lowest BCUT2D eigenvalue weighted by Crippen LogP contribution is -2.21. The molecular weight excluding hydrogens is 260 g/mol. The molecule has 0 aliphatic carbocycles. The molecule has 0 fully saturated rings. The van der Waals surface area contributed by atoms with Crippen molar-refractivity contribution >= 4 is 5.97 Å². The van der Waals surface area contributed by atoms with E-state index in [2.05, 4.69) is 0 Å². The van der Waals surface area contributed by atoms with Gasteiger partial charge in [-0.05, 0) is 38.5 Å². The maximum absolute atomic E-state index is 11.0.